The highest BCUT2D eigenvalue weighted by atomic mass is 15.2. The van der Waals surface area contributed by atoms with Gasteiger partial charge in [0.2, 0.25) is 0 Å². The molecule has 0 fully saturated rings. The monoisotopic (exact) mass is 1150 g/mol. The van der Waals surface area contributed by atoms with Crippen molar-refractivity contribution in [1.29, 1.82) is 0 Å². The van der Waals surface area contributed by atoms with Crippen LogP contribution in [-0.4, -0.2) is 6.71 Å². The maximum Gasteiger partial charge on any atom is 0.252 e. The molecule has 15 rings (SSSR count). The molecule has 3 heteroatoms. The van der Waals surface area contributed by atoms with Gasteiger partial charge < -0.3 is 9.80 Å². The minimum atomic E-state index is -1.64. The maximum atomic E-state index is 10.0. The van der Waals surface area contributed by atoms with E-state index in [1.165, 1.54) is 46.2 Å². The molecule has 0 amide bonds. The number of hydrogen-bond acceptors (Lipinski definition) is 2. The number of nitrogens with zero attached hydrogens (tertiary/aromatic N) is 2. The van der Waals surface area contributed by atoms with Crippen molar-refractivity contribution in [2.24, 2.45) is 0 Å². The van der Waals surface area contributed by atoms with Crippen LogP contribution in [-0.2, 0) is 6.42 Å². The second-order valence-electron chi connectivity index (χ2n) is 20.3. The number of hydrogen-bond donors (Lipinski definition) is 0. The van der Waals surface area contributed by atoms with Gasteiger partial charge in [-0.25, -0.2) is 0 Å². The van der Waals surface area contributed by atoms with E-state index in [9.17, 15) is 32.9 Å². The van der Waals surface area contributed by atoms with Crippen LogP contribution < -0.4 is 26.2 Å². The second kappa shape index (κ2) is 23.5. The van der Waals surface area contributed by atoms with Gasteiger partial charge in [0.15, 0.2) is 0 Å². The van der Waals surface area contributed by atoms with E-state index < -0.39 is 338 Å². The summed E-state index contributed by atoms with van der Waals surface area (Å²) in [5.41, 5.74) is -10.6. The summed E-state index contributed by atoms with van der Waals surface area (Å²) >= 11 is 0. The van der Waals surface area contributed by atoms with Crippen LogP contribution in [0.2, 0.25) is 0 Å². The lowest BCUT2D eigenvalue weighted by atomic mass is 9.33. The first-order valence-corrected chi connectivity index (χ1v) is 27.7. The van der Waals surface area contributed by atoms with Crippen LogP contribution in [0.5, 0.6) is 0 Å². The van der Waals surface area contributed by atoms with Crippen LogP contribution in [0.25, 0.3) is 89.0 Å². The third-order valence-corrected chi connectivity index (χ3v) is 15.3. The predicted octanol–water partition coefficient (Wildman–Crippen LogP) is 21.2. The Morgan fingerprint density at radius 1 is 0.287 bits per heavy atom. The van der Waals surface area contributed by atoms with Gasteiger partial charge in [0.1, 0.15) is 0 Å². The molecule has 0 aliphatic carbocycles. The lowest BCUT2D eigenvalue weighted by molar-refractivity contribution is 0.667. The highest BCUT2D eigenvalue weighted by Gasteiger charge is 2.46. The van der Waals surface area contributed by atoms with E-state index in [1.807, 2.05) is 6.92 Å². The van der Waals surface area contributed by atoms with E-state index in [4.69, 9.17) is 21.9 Å². The van der Waals surface area contributed by atoms with Crippen molar-refractivity contribution in [2.45, 2.75) is 39.0 Å². The second-order valence-corrected chi connectivity index (χ2v) is 20.3. The molecule has 13 aromatic rings. The number of fused-ring (bicyclic) bond motifs is 4. The van der Waals surface area contributed by atoms with Crippen LogP contribution in [0.4, 0.5) is 34.1 Å². The Hall–Kier alpha value is -10.5. The normalized spacial score (nSPS) is 18.6. The molecule has 2 nitrogen and oxygen atoms in total. The Kier molecular flexibility index (Phi) is 6.93. The number of unbranched alkanes of at least 4 members (excludes halogenated alkanes) is 3. The molecule has 0 aromatic heterocycles. The summed E-state index contributed by atoms with van der Waals surface area (Å²) in [7, 11) is 0. The minimum Gasteiger partial charge on any atom is -0.310 e. The largest absolute Gasteiger partial charge is 0.310 e. The first-order chi connectivity index (χ1) is 59.7. The standard InChI is InChI=1S/C84H65BN2/c1-2-3-4-13-30-59-51-80-82-81(52-59)87(84-74(66-43-26-11-27-44-66)55-71(63-37-20-8-21-38-63)56-75(84)67-45-28-12-29-46-67)79-50-48-69(61-33-16-6-17-34-61)58-77(79)85(82)76-57-68(60-31-14-5-15-32-60)47-49-78(76)86(80)83-72(64-39-22-9-23-40-64)53-70(62-35-18-7-19-36-62)54-73(83)65-41-24-10-25-42-65/h5-12,14-29,31-58H,2-4,13,30H2,1H3/i5D,6D,7D,8D,9D,10D,11D,12D,14D,15D,16D,17D,18D,19D,20D,21D,22D,23D,24D,25D,26D,27D,28D,29D,31D,32D,33D,34D,35D,36D,37D,38D,39D,40D,41D,42D,43D,44D,45D,46D. The van der Waals surface area contributed by atoms with E-state index >= 15 is 0 Å². The average molecular weight is 1150 g/mol. The molecule has 0 saturated heterocycles. The summed E-state index contributed by atoms with van der Waals surface area (Å²) in [6.45, 7) is 0.302. The molecule has 0 unspecified atom stereocenters. The summed E-state index contributed by atoms with van der Waals surface area (Å²) in [5, 5.41) is 0. The molecule has 0 atom stereocenters. The molecule has 0 N–H and O–H groups in total. The van der Waals surface area contributed by atoms with Crippen molar-refractivity contribution in [3.63, 3.8) is 0 Å². The van der Waals surface area contributed by atoms with Gasteiger partial charge in [-0.3, -0.25) is 0 Å². The van der Waals surface area contributed by atoms with Crippen LogP contribution in [0.1, 0.15) is 93.0 Å². The van der Waals surface area contributed by atoms with E-state index in [-0.39, 0.29) is 62.2 Å². The molecule has 0 radical (unpaired) electrons. The Morgan fingerprint density at radius 2 is 0.586 bits per heavy atom. The molecule has 0 spiro atoms. The summed E-state index contributed by atoms with van der Waals surface area (Å²) in [5.74, 6) is 0. The molecule has 2 heterocycles. The molecule has 0 saturated carbocycles. The number of aryl methyl sites for hydroxylation is 1. The molecular formula is C84H65BN2. The zero-order chi connectivity index (χ0) is 92.9. The fraction of sp³-hybridized carbons (Fsp3) is 0.0714. The predicted molar refractivity (Wildman–Crippen MR) is 372 cm³/mol. The number of rotatable bonds is 15. The van der Waals surface area contributed by atoms with E-state index in [0.717, 1.165) is 24.3 Å². The SMILES string of the molecule is [2H]c1c([2H])c([2H])c(-c2ccc3c(c2)B2c4cc(-c5c([2H])c([2H])c([2H])c([2H])c5[2H])ccc4N(c4c(-c5c([2H])c([2H])c([2H])c([2H])c5[2H])cc(-c5c([2H])c([2H])c([2H])c([2H])c5[2H])cc4-c4c([2H])c([2H])c([2H])c([2H])c4[2H])c4cc(CCCCCC)cc(c42)N3c2c(-c3c([2H])c([2H])c([2H])c([2H])c3[2H])cc(-c3c([2H])c([2H])c([2H])c([2H])c3[2H])cc2-c2c([2H])c([2H])c([2H])c([2H])c2[2H])c([2H])c1[2H]. The molecule has 2 aliphatic rings. The van der Waals surface area contributed by atoms with E-state index in [1.54, 1.807) is 12.1 Å². The van der Waals surface area contributed by atoms with Gasteiger partial charge in [0, 0.05) is 45.0 Å². The third kappa shape index (κ3) is 10.1. The lowest BCUT2D eigenvalue weighted by Gasteiger charge is -2.46. The smallest absolute Gasteiger partial charge is 0.252 e. The van der Waals surface area contributed by atoms with Gasteiger partial charge in [-0.15, -0.1) is 0 Å². The minimum absolute atomic E-state index is 0.0236. The number of benzene rings is 13. The molecule has 87 heavy (non-hydrogen) atoms. The van der Waals surface area contributed by atoms with Crippen LogP contribution in [0, 0.1) is 0 Å². The van der Waals surface area contributed by atoms with Crippen LogP contribution in [0.3, 0.4) is 0 Å². The van der Waals surface area contributed by atoms with Crippen molar-refractivity contribution < 1.29 is 54.8 Å². The first-order valence-electron chi connectivity index (χ1n) is 47.7. The molecule has 0 bridgehead atoms. The van der Waals surface area contributed by atoms with Crippen LogP contribution in [0.15, 0.2) is 314 Å². The van der Waals surface area contributed by atoms with Gasteiger partial charge in [-0.1, -0.05) is 292 Å². The van der Waals surface area contributed by atoms with Crippen molar-refractivity contribution in [3.8, 4) is 89.0 Å². The van der Waals surface area contributed by atoms with Gasteiger partial charge in [0.25, 0.3) is 6.71 Å². The third-order valence-electron chi connectivity index (χ3n) is 15.3. The van der Waals surface area contributed by atoms with Gasteiger partial charge in [-0.2, -0.15) is 0 Å². The Bertz CT molecular complexity index is 6290. The summed E-state index contributed by atoms with van der Waals surface area (Å²) in [6.07, 6.45) is 2.13. The van der Waals surface area contributed by atoms with Crippen molar-refractivity contribution in [2.75, 3.05) is 9.80 Å². The quantitative estimate of drug-likeness (QED) is 0.0746. The Labute approximate surface area is 569 Å². The highest BCUT2D eigenvalue weighted by Crippen LogP contribution is 2.55. The van der Waals surface area contributed by atoms with Gasteiger partial charge in [-0.05, 0) is 150 Å². The average Bonchev–Trinajstić information content (AvgIpc) is 0.680. The van der Waals surface area contributed by atoms with Gasteiger partial charge in [0.05, 0.1) is 66.2 Å². The number of anilines is 6. The summed E-state index contributed by atoms with van der Waals surface area (Å²) in [4.78, 5) is 2.75. The van der Waals surface area contributed by atoms with Crippen molar-refractivity contribution >= 4 is 57.2 Å². The van der Waals surface area contributed by atoms with Crippen LogP contribution >= 0.6 is 0 Å². The zero-order valence-corrected chi connectivity index (χ0v) is 45.9. The molecular weight excluding hydrogens is 1050 g/mol. The van der Waals surface area contributed by atoms with Gasteiger partial charge >= 0.3 is 0 Å². The zero-order valence-electron chi connectivity index (χ0n) is 85.9. The molecule has 2 aliphatic heterocycles. The summed E-state index contributed by atoms with van der Waals surface area (Å²) in [6, 6.07) is -21.1. The first kappa shape index (κ1) is 25.6. The van der Waals surface area contributed by atoms with E-state index in [2.05, 4.69) is 0 Å². The fourth-order valence-corrected chi connectivity index (χ4v) is 11.7. The Balaban J connectivity index is 1.28. The lowest BCUT2D eigenvalue weighted by Crippen LogP contribution is -2.61. The Morgan fingerprint density at radius 3 is 0.897 bits per heavy atom. The fourth-order valence-electron chi connectivity index (χ4n) is 11.7. The van der Waals surface area contributed by atoms with E-state index in [0.29, 0.717) is 25.7 Å². The maximum absolute atomic E-state index is 10.0. The van der Waals surface area contributed by atoms with Crippen molar-refractivity contribution in [3.05, 3.63) is 320 Å². The highest BCUT2D eigenvalue weighted by molar-refractivity contribution is 7.00. The summed E-state index contributed by atoms with van der Waals surface area (Å²) < 4.78 is 375. The molecule has 414 valence electrons. The molecule has 13 aromatic carbocycles. The van der Waals surface area contributed by atoms with Crippen molar-refractivity contribution in [1.82, 2.24) is 0 Å². The topological polar surface area (TPSA) is 6.48 Å².